The van der Waals surface area contributed by atoms with Crippen molar-refractivity contribution in [3.63, 3.8) is 0 Å². The number of aromatic nitrogens is 2. The Balaban J connectivity index is 1.28. The van der Waals surface area contributed by atoms with E-state index in [-0.39, 0.29) is 158 Å². The molecule has 648 valence electrons. The van der Waals surface area contributed by atoms with E-state index in [0.29, 0.717) is 29.9 Å². The molecule has 3 aliphatic heterocycles. The maximum absolute atomic E-state index is 14.7. The molecule has 0 radical (unpaired) electrons. The second-order valence-corrected chi connectivity index (χ2v) is 30.8. The van der Waals surface area contributed by atoms with E-state index in [1.54, 1.807) is 64.3 Å². The number of benzene rings is 1. The Bertz CT molecular complexity index is 3810. The number of guanidine groups is 3. The molecule has 1 unspecified atom stereocenters. The topological polar surface area (TPSA) is 669 Å². The number of aliphatic hydroxyl groups is 1. The fourth-order valence-corrected chi connectivity index (χ4v) is 13.9. The molecule has 2 aromatic rings. The smallest absolute Gasteiger partial charge is 0.326 e. The molecular weight excluding hydrogens is 1560 g/mol. The Morgan fingerprint density at radius 3 is 1.50 bits per heavy atom. The van der Waals surface area contributed by atoms with Gasteiger partial charge in [0.15, 0.2) is 17.9 Å². The molecule has 3 saturated heterocycles. The number of carbonyl (C=O) groups excluding carboxylic acids is 14. The first kappa shape index (κ1) is 96.5. The zero-order valence-corrected chi connectivity index (χ0v) is 68.5. The number of aliphatic hydroxyl groups excluding tert-OH is 1. The van der Waals surface area contributed by atoms with Crippen LogP contribution in [0.1, 0.15) is 136 Å². The second-order valence-electron chi connectivity index (χ2n) is 29.5. The van der Waals surface area contributed by atoms with E-state index in [1.807, 2.05) is 0 Å². The molecule has 3 aliphatic rings. The number of aliphatic imine (C=N–C) groups is 3. The summed E-state index contributed by atoms with van der Waals surface area (Å²) in [6.07, 6.45) is 5.63. The summed E-state index contributed by atoms with van der Waals surface area (Å²) in [5, 5.41) is 52.1. The molecule has 0 spiro atoms. The minimum atomic E-state index is -1.82. The molecule has 14 atom stereocenters. The maximum Gasteiger partial charge on any atom is 0.326 e. The largest absolute Gasteiger partial charge is 0.480 e. The number of aliphatic carboxylic acids is 1. The molecule has 0 aliphatic carbocycles. The summed E-state index contributed by atoms with van der Waals surface area (Å²) in [6, 6.07) is -10.0. The number of likely N-dealkylation sites (tertiary alicyclic amines) is 2. The Morgan fingerprint density at radius 1 is 0.547 bits per heavy atom. The van der Waals surface area contributed by atoms with E-state index in [2.05, 4.69) is 101 Å². The zero-order valence-electron chi connectivity index (χ0n) is 66.8. The van der Waals surface area contributed by atoms with E-state index in [9.17, 15) is 82.1 Å². The summed E-state index contributed by atoms with van der Waals surface area (Å²) in [5.41, 5.74) is 34.2. The van der Waals surface area contributed by atoms with Gasteiger partial charge in [-0.15, -0.1) is 0 Å². The zero-order chi connectivity index (χ0) is 86.6. The third-order valence-electron chi connectivity index (χ3n) is 19.4. The number of hydrogen-bond acceptors (Lipinski definition) is 22. The van der Waals surface area contributed by atoms with Crippen LogP contribution < -0.4 is 98.2 Å². The summed E-state index contributed by atoms with van der Waals surface area (Å²) in [5.74, 6) is -14.1. The molecule has 44 heteroatoms. The fraction of sp³-hybridized carbons (Fsp3) is 0.630. The first-order valence-electron chi connectivity index (χ1n) is 38.9. The number of thioether (sulfide) groups is 1. The lowest BCUT2D eigenvalue weighted by Crippen LogP contribution is -2.62. The molecule has 117 heavy (non-hydrogen) atoms. The predicted octanol–water partition coefficient (Wildman–Crippen LogP) is -6.57. The number of carbonyl (C=O) groups is 15. The molecular formula is C73H117N25O17S2. The summed E-state index contributed by atoms with van der Waals surface area (Å²) < 4.78 is 0. The van der Waals surface area contributed by atoms with Gasteiger partial charge in [0.25, 0.3) is 0 Å². The number of thiol groups is 1. The monoisotopic (exact) mass is 1680 g/mol. The quantitative estimate of drug-likeness (QED) is 0.0127. The highest BCUT2D eigenvalue weighted by molar-refractivity contribution is 7.98. The van der Waals surface area contributed by atoms with E-state index >= 15 is 0 Å². The highest BCUT2D eigenvalue weighted by Crippen LogP contribution is 2.24. The number of H-pyrrole nitrogens is 1. The van der Waals surface area contributed by atoms with Crippen LogP contribution in [-0.2, 0) is 84.8 Å². The van der Waals surface area contributed by atoms with E-state index in [0.717, 1.165) is 0 Å². The Labute approximate surface area is 687 Å². The Hall–Kier alpha value is -11.1. The van der Waals surface area contributed by atoms with Crippen LogP contribution in [0.4, 0.5) is 0 Å². The van der Waals surface area contributed by atoms with E-state index < -0.39 is 180 Å². The molecule has 4 heterocycles. The SMILES string of the molecule is CSCC[C@@H](NC(=O)[C@@H](CS)NC(=O)[C@@H](CCCN=C(N)N)NC(=O)[C@H](CCCN=C(N)N)NC(=O)C1CCC(=O)N1)C(=O)N[C@H](C)C(=O)N[C@H](CC(C)C)C(=O)N[C@H](Cc1cnc[nH]1)C(=O)N[C@H](CO)C(=O)N[C@H](CCCN=C(N)N)C(=O)N[C@@H](C(=O)N1CCC[C@@H]1C(=O)N[C@H](Cc1ccccc1)C(=O)N1CCC[C@@H]1C(=O)O)C(C)C. The lowest BCUT2D eigenvalue weighted by Gasteiger charge is -2.33. The number of aromatic amines is 1. The van der Waals surface area contributed by atoms with Gasteiger partial charge in [-0.1, -0.05) is 58.0 Å². The number of nitrogens with one attached hydrogen (secondary N) is 13. The highest BCUT2D eigenvalue weighted by Gasteiger charge is 2.44. The molecule has 27 N–H and O–H groups in total. The third-order valence-corrected chi connectivity index (χ3v) is 20.4. The lowest BCUT2D eigenvalue weighted by molar-refractivity contribution is -0.150. The van der Waals surface area contributed by atoms with Crippen molar-refractivity contribution in [1.82, 2.24) is 83.6 Å². The molecule has 5 rings (SSSR count). The first-order valence-corrected chi connectivity index (χ1v) is 40.9. The van der Waals surface area contributed by atoms with Crippen LogP contribution in [0.3, 0.4) is 0 Å². The number of carboxylic acids is 1. The number of imidazole rings is 1. The van der Waals surface area contributed by atoms with Crippen LogP contribution >= 0.6 is 24.4 Å². The van der Waals surface area contributed by atoms with Gasteiger partial charge >= 0.3 is 5.97 Å². The second kappa shape index (κ2) is 49.1. The normalized spacial score (nSPS) is 17.8. The van der Waals surface area contributed by atoms with Crippen molar-refractivity contribution in [3.05, 3.63) is 54.1 Å². The standard InChI is InChI=1S/C73H117N25O17S2/c1-38(2)31-48(91-57(101)40(5)85-58(102)47(24-30-117-6)90-66(110)52(36-116)95-60(104)44(18-11-26-82-72(76)77)87-59(103)43(17-10-25-81-71(74)75)88-61(105)46-22-23-55(100)86-46)63(107)92-49(33-42-34-80-37-84-42)64(108)94-51(35-99)65(109)89-45(19-12-27-83-73(78)79)62(106)96-56(39(3)4)69(113)97-28-13-20-53(97)67(111)93-50(32-41-15-8-7-9-16-41)68(112)98-29-14-21-54(98)70(114)115/h7-9,15-16,34,37-40,43-54,56,99,116H,10-14,17-33,35-36H2,1-6H3,(H,80,84)(H,85,102)(H,86,100)(H,87,103)(H,88,105)(H,89,109)(H,90,110)(H,91,101)(H,92,107)(H,93,111)(H,94,108)(H,95,104)(H,96,106)(H,114,115)(H4,74,75,81)(H4,76,77,82)(H4,78,79,83)/t40-,43+,44-,45-,46?,47-,48-,49-,50-,51-,52-,53-,54-,56-/m1/s1. The average molecular weight is 1680 g/mol. The number of amides is 14. The van der Waals surface area contributed by atoms with Gasteiger partial charge in [-0.3, -0.25) is 82.1 Å². The van der Waals surface area contributed by atoms with Gasteiger partial charge < -0.3 is 123 Å². The van der Waals surface area contributed by atoms with Crippen LogP contribution in [0.15, 0.2) is 57.8 Å². The molecule has 14 amide bonds. The number of hydrogen-bond donors (Lipinski definition) is 22. The summed E-state index contributed by atoms with van der Waals surface area (Å²) >= 11 is 5.64. The molecule has 0 saturated carbocycles. The van der Waals surface area contributed by atoms with Gasteiger partial charge in [-0.05, 0) is 120 Å². The lowest BCUT2D eigenvalue weighted by atomic mass is 10.0. The molecule has 1 aromatic heterocycles. The van der Waals surface area contributed by atoms with Crippen molar-refractivity contribution in [2.75, 3.05) is 57.1 Å². The van der Waals surface area contributed by atoms with Crippen LogP contribution in [0.25, 0.3) is 0 Å². The van der Waals surface area contributed by atoms with E-state index in [4.69, 9.17) is 34.4 Å². The van der Waals surface area contributed by atoms with E-state index in [1.165, 1.54) is 41.0 Å². The van der Waals surface area contributed by atoms with Crippen molar-refractivity contribution in [2.24, 2.45) is 61.2 Å². The Kier molecular flexibility index (Phi) is 40.5. The summed E-state index contributed by atoms with van der Waals surface area (Å²) in [7, 11) is 0. The Morgan fingerprint density at radius 2 is 1.01 bits per heavy atom. The van der Waals surface area contributed by atoms with Crippen LogP contribution in [-0.4, -0.2) is 278 Å². The molecule has 3 fully saturated rings. The van der Waals surface area contributed by atoms with Crippen molar-refractivity contribution in [1.29, 1.82) is 0 Å². The van der Waals surface area contributed by atoms with Crippen LogP contribution in [0, 0.1) is 11.8 Å². The maximum atomic E-state index is 14.7. The van der Waals surface area contributed by atoms with Gasteiger partial charge in [0.05, 0.1) is 12.9 Å². The minimum Gasteiger partial charge on any atom is -0.480 e. The predicted molar refractivity (Wildman–Crippen MR) is 436 cm³/mol. The molecule has 42 nitrogen and oxygen atoms in total. The number of carboxylic acid groups (broad SMARTS) is 1. The van der Waals surface area contributed by atoms with Gasteiger partial charge in [-0.2, -0.15) is 24.4 Å². The number of nitrogens with two attached hydrogens (primary N) is 6. The number of rotatable bonds is 49. The first-order chi connectivity index (χ1) is 55.5. The van der Waals surface area contributed by atoms with Gasteiger partial charge in [0.2, 0.25) is 82.7 Å². The molecule has 0 bridgehead atoms. The van der Waals surface area contributed by atoms with Crippen LogP contribution in [0.2, 0.25) is 0 Å². The van der Waals surface area contributed by atoms with Crippen molar-refractivity contribution in [3.8, 4) is 0 Å². The number of nitrogens with zero attached hydrogens (tertiary/aromatic N) is 6. The van der Waals surface area contributed by atoms with Gasteiger partial charge in [0.1, 0.15) is 84.6 Å². The average Bonchev–Trinajstić information content (AvgIpc) is 1.72. The van der Waals surface area contributed by atoms with Crippen molar-refractivity contribution < 1.29 is 82.1 Å². The highest BCUT2D eigenvalue weighted by atomic mass is 32.2. The van der Waals surface area contributed by atoms with Gasteiger partial charge in [-0.25, -0.2) is 9.78 Å². The van der Waals surface area contributed by atoms with Crippen molar-refractivity contribution in [2.45, 2.75) is 222 Å². The molecule has 1 aromatic carbocycles. The summed E-state index contributed by atoms with van der Waals surface area (Å²) in [6.45, 7) is 7.32. The fourth-order valence-electron chi connectivity index (χ4n) is 13.2. The van der Waals surface area contributed by atoms with Gasteiger partial charge in [0, 0.05) is 69.6 Å². The summed E-state index contributed by atoms with van der Waals surface area (Å²) in [4.78, 5) is 231. The minimum absolute atomic E-state index is 0.00561. The third kappa shape index (κ3) is 32.2. The van der Waals surface area contributed by atoms with Crippen LogP contribution in [0.5, 0.6) is 0 Å². The van der Waals surface area contributed by atoms with Crippen molar-refractivity contribution >= 4 is 131 Å².